The van der Waals surface area contributed by atoms with Gasteiger partial charge >= 0.3 is 0 Å². The second-order valence-electron chi connectivity index (χ2n) is 3.00. The number of carbonyl (C=O) groups excluding carboxylic acids is 2. The topological polar surface area (TPSA) is 55.8 Å². The first-order valence-corrected chi connectivity index (χ1v) is 4.30. The van der Waals surface area contributed by atoms with E-state index in [0.29, 0.717) is 16.9 Å². The SMILES string of the molecule is COc1ccc2c(c1)C(=O)N(OC)C2=O. The van der Waals surface area contributed by atoms with Crippen molar-refractivity contribution >= 4 is 11.8 Å². The molecule has 2 rings (SSSR count). The Kier molecular flexibility index (Phi) is 2.17. The predicted molar refractivity (Wildman–Crippen MR) is 50.5 cm³/mol. The van der Waals surface area contributed by atoms with Crippen LogP contribution in [0.2, 0.25) is 0 Å². The number of imide groups is 1. The molecule has 5 nitrogen and oxygen atoms in total. The van der Waals surface area contributed by atoms with Crippen molar-refractivity contribution in [1.82, 2.24) is 5.06 Å². The summed E-state index contributed by atoms with van der Waals surface area (Å²) in [5.74, 6) is -0.371. The lowest BCUT2D eigenvalue weighted by atomic mass is 10.1. The molecule has 15 heavy (non-hydrogen) atoms. The summed E-state index contributed by atoms with van der Waals surface area (Å²) in [5, 5.41) is 0.726. The molecule has 2 amide bonds. The van der Waals surface area contributed by atoms with Gasteiger partial charge in [0.15, 0.2) is 0 Å². The Morgan fingerprint density at radius 3 is 2.33 bits per heavy atom. The van der Waals surface area contributed by atoms with E-state index in [2.05, 4.69) is 4.84 Å². The lowest BCUT2D eigenvalue weighted by Crippen LogP contribution is -2.28. The highest BCUT2D eigenvalue weighted by atomic mass is 16.7. The number of ether oxygens (including phenoxy) is 1. The fraction of sp³-hybridized carbons (Fsp3) is 0.200. The van der Waals surface area contributed by atoms with Crippen LogP contribution < -0.4 is 4.74 Å². The van der Waals surface area contributed by atoms with Gasteiger partial charge in [0.2, 0.25) is 0 Å². The monoisotopic (exact) mass is 207 g/mol. The van der Waals surface area contributed by atoms with E-state index in [1.165, 1.54) is 20.3 Å². The average molecular weight is 207 g/mol. The number of hydroxylamine groups is 2. The van der Waals surface area contributed by atoms with E-state index in [1.807, 2.05) is 0 Å². The van der Waals surface area contributed by atoms with Crippen molar-refractivity contribution < 1.29 is 19.2 Å². The van der Waals surface area contributed by atoms with Gasteiger partial charge in [-0.1, -0.05) is 0 Å². The van der Waals surface area contributed by atoms with Crippen molar-refractivity contribution in [3.63, 3.8) is 0 Å². The van der Waals surface area contributed by atoms with E-state index < -0.39 is 11.8 Å². The van der Waals surface area contributed by atoms with Crippen molar-refractivity contribution in [2.75, 3.05) is 14.2 Å². The standard InChI is InChI=1S/C10H9NO4/c1-14-6-3-4-7-8(5-6)10(13)11(15-2)9(7)12/h3-5H,1-2H3. The number of rotatable bonds is 2. The van der Waals surface area contributed by atoms with Gasteiger partial charge in [0.1, 0.15) is 5.75 Å². The number of benzene rings is 1. The molecule has 0 N–H and O–H groups in total. The number of fused-ring (bicyclic) bond motifs is 1. The quantitative estimate of drug-likeness (QED) is 0.675. The highest BCUT2D eigenvalue weighted by molar-refractivity contribution is 6.20. The number of methoxy groups -OCH3 is 1. The van der Waals surface area contributed by atoms with Crippen molar-refractivity contribution in [3.8, 4) is 5.75 Å². The van der Waals surface area contributed by atoms with Gasteiger partial charge in [-0.05, 0) is 18.2 Å². The van der Waals surface area contributed by atoms with E-state index in [-0.39, 0.29) is 0 Å². The lowest BCUT2D eigenvalue weighted by molar-refractivity contribution is -0.0645. The Morgan fingerprint density at radius 2 is 1.73 bits per heavy atom. The molecule has 1 aliphatic heterocycles. The molecule has 1 heterocycles. The number of hydrogen-bond acceptors (Lipinski definition) is 4. The minimum Gasteiger partial charge on any atom is -0.497 e. The van der Waals surface area contributed by atoms with Gasteiger partial charge < -0.3 is 4.74 Å². The molecule has 1 aromatic rings. The molecule has 0 aromatic heterocycles. The average Bonchev–Trinajstić information content (AvgIpc) is 2.51. The molecule has 0 unspecified atom stereocenters. The first-order chi connectivity index (χ1) is 7.19. The number of amides is 2. The van der Waals surface area contributed by atoms with Crippen molar-refractivity contribution in [3.05, 3.63) is 29.3 Å². The van der Waals surface area contributed by atoms with Crippen LogP contribution in [-0.2, 0) is 4.84 Å². The zero-order chi connectivity index (χ0) is 11.0. The van der Waals surface area contributed by atoms with Gasteiger partial charge in [0.25, 0.3) is 11.8 Å². The van der Waals surface area contributed by atoms with Crippen LogP contribution >= 0.6 is 0 Å². The molecule has 78 valence electrons. The van der Waals surface area contributed by atoms with Crippen LogP contribution in [0.3, 0.4) is 0 Å². The van der Waals surface area contributed by atoms with Crippen LogP contribution in [0, 0.1) is 0 Å². The highest BCUT2D eigenvalue weighted by Crippen LogP contribution is 2.26. The number of hydrogen-bond donors (Lipinski definition) is 0. The Morgan fingerprint density at radius 1 is 1.07 bits per heavy atom. The molecule has 0 aliphatic carbocycles. The van der Waals surface area contributed by atoms with E-state index >= 15 is 0 Å². The minimum absolute atomic E-state index is 0.307. The van der Waals surface area contributed by atoms with Gasteiger partial charge in [-0.2, -0.15) is 0 Å². The predicted octanol–water partition coefficient (Wildman–Crippen LogP) is 0.853. The molecular formula is C10H9NO4. The van der Waals surface area contributed by atoms with Gasteiger partial charge in [0, 0.05) is 0 Å². The fourth-order valence-corrected chi connectivity index (χ4v) is 1.49. The molecule has 0 bridgehead atoms. The van der Waals surface area contributed by atoms with Gasteiger partial charge in [-0.25, -0.2) is 0 Å². The maximum Gasteiger partial charge on any atom is 0.286 e. The van der Waals surface area contributed by atoms with E-state index in [9.17, 15) is 9.59 Å². The summed E-state index contributed by atoms with van der Waals surface area (Å²) >= 11 is 0. The van der Waals surface area contributed by atoms with Gasteiger partial charge in [-0.3, -0.25) is 14.4 Å². The Labute approximate surface area is 86.1 Å². The molecule has 1 aliphatic rings. The van der Waals surface area contributed by atoms with Crippen LogP contribution in [0.15, 0.2) is 18.2 Å². The Balaban J connectivity index is 2.53. The van der Waals surface area contributed by atoms with Crippen LogP contribution in [0.25, 0.3) is 0 Å². The Bertz CT molecular complexity index is 441. The summed E-state index contributed by atoms with van der Waals surface area (Å²) in [4.78, 5) is 27.9. The van der Waals surface area contributed by atoms with Gasteiger partial charge in [0.05, 0.1) is 25.3 Å². The van der Waals surface area contributed by atoms with Crippen LogP contribution in [0.5, 0.6) is 5.75 Å². The molecule has 1 aromatic carbocycles. The maximum absolute atomic E-state index is 11.6. The largest absolute Gasteiger partial charge is 0.497 e. The lowest BCUT2D eigenvalue weighted by Gasteiger charge is -2.07. The molecular weight excluding hydrogens is 198 g/mol. The normalized spacial score (nSPS) is 14.4. The number of nitrogens with zero attached hydrogens (tertiary/aromatic N) is 1. The van der Waals surface area contributed by atoms with E-state index in [4.69, 9.17) is 4.74 Å². The maximum atomic E-state index is 11.6. The molecule has 0 radical (unpaired) electrons. The minimum atomic E-state index is -0.462. The second-order valence-corrected chi connectivity index (χ2v) is 3.00. The van der Waals surface area contributed by atoms with Gasteiger partial charge in [-0.15, -0.1) is 5.06 Å². The Hall–Kier alpha value is -1.88. The third-order valence-corrected chi connectivity index (χ3v) is 2.24. The fourth-order valence-electron chi connectivity index (χ4n) is 1.49. The van der Waals surface area contributed by atoms with E-state index in [1.54, 1.807) is 12.1 Å². The van der Waals surface area contributed by atoms with E-state index in [0.717, 1.165) is 5.06 Å². The second kappa shape index (κ2) is 3.36. The van der Waals surface area contributed by atoms with Crippen molar-refractivity contribution in [1.29, 1.82) is 0 Å². The third kappa shape index (κ3) is 1.28. The summed E-state index contributed by atoms with van der Waals surface area (Å²) in [6.45, 7) is 0. The summed E-state index contributed by atoms with van der Waals surface area (Å²) in [7, 11) is 2.77. The zero-order valence-electron chi connectivity index (χ0n) is 8.31. The first kappa shape index (κ1) is 9.67. The van der Waals surface area contributed by atoms with Crippen molar-refractivity contribution in [2.24, 2.45) is 0 Å². The van der Waals surface area contributed by atoms with Crippen molar-refractivity contribution in [2.45, 2.75) is 0 Å². The molecule has 0 saturated heterocycles. The zero-order valence-corrected chi connectivity index (χ0v) is 8.31. The van der Waals surface area contributed by atoms with Crippen LogP contribution in [0.4, 0.5) is 0 Å². The highest BCUT2D eigenvalue weighted by Gasteiger charge is 2.36. The molecule has 0 atom stereocenters. The van der Waals surface area contributed by atoms with Crippen LogP contribution in [-0.4, -0.2) is 31.1 Å². The number of carbonyl (C=O) groups is 2. The summed E-state index contributed by atoms with van der Waals surface area (Å²) in [6.07, 6.45) is 0. The molecule has 0 fully saturated rings. The third-order valence-electron chi connectivity index (χ3n) is 2.24. The summed E-state index contributed by atoms with van der Waals surface area (Å²) in [5.41, 5.74) is 0.642. The smallest absolute Gasteiger partial charge is 0.286 e. The molecule has 0 saturated carbocycles. The van der Waals surface area contributed by atoms with Crippen LogP contribution in [0.1, 0.15) is 20.7 Å². The molecule has 0 spiro atoms. The summed E-state index contributed by atoms with van der Waals surface area (Å²) in [6, 6.07) is 4.70. The first-order valence-electron chi connectivity index (χ1n) is 4.30. The summed E-state index contributed by atoms with van der Waals surface area (Å²) < 4.78 is 4.97. The molecule has 5 heteroatoms.